The van der Waals surface area contributed by atoms with Crippen LogP contribution in [0.15, 0.2) is 29.3 Å². The number of primary amides is 1. The highest BCUT2D eigenvalue weighted by molar-refractivity contribution is 5.79. The van der Waals surface area contributed by atoms with Crippen LogP contribution in [-0.2, 0) is 11.2 Å². The van der Waals surface area contributed by atoms with Gasteiger partial charge in [-0.05, 0) is 50.4 Å². The number of amides is 1. The van der Waals surface area contributed by atoms with Crippen molar-refractivity contribution >= 4 is 11.9 Å². The molecule has 1 aromatic rings. The number of piperidine rings is 1. The van der Waals surface area contributed by atoms with E-state index < -0.39 is 0 Å². The highest BCUT2D eigenvalue weighted by Crippen LogP contribution is 2.15. The lowest BCUT2D eigenvalue weighted by Crippen LogP contribution is -2.43. The van der Waals surface area contributed by atoms with E-state index in [2.05, 4.69) is 20.5 Å². The maximum absolute atomic E-state index is 13.6. The van der Waals surface area contributed by atoms with E-state index in [1.807, 2.05) is 6.07 Å². The van der Waals surface area contributed by atoms with Crippen molar-refractivity contribution in [1.29, 1.82) is 0 Å². The van der Waals surface area contributed by atoms with Gasteiger partial charge in [-0.25, -0.2) is 4.39 Å². The van der Waals surface area contributed by atoms with Gasteiger partial charge in [0, 0.05) is 26.7 Å². The van der Waals surface area contributed by atoms with Gasteiger partial charge < -0.3 is 21.3 Å². The van der Waals surface area contributed by atoms with Gasteiger partial charge in [0.2, 0.25) is 5.91 Å². The summed E-state index contributed by atoms with van der Waals surface area (Å²) in [5.41, 5.74) is 6.11. The van der Waals surface area contributed by atoms with E-state index in [1.54, 1.807) is 19.2 Å². The van der Waals surface area contributed by atoms with Crippen LogP contribution in [-0.4, -0.2) is 56.5 Å². The van der Waals surface area contributed by atoms with E-state index in [0.29, 0.717) is 18.5 Å². The Morgan fingerprint density at radius 2 is 2.12 bits per heavy atom. The van der Waals surface area contributed by atoms with E-state index in [4.69, 9.17) is 5.73 Å². The summed E-state index contributed by atoms with van der Waals surface area (Å²) in [6.45, 7) is 4.14. The topological polar surface area (TPSA) is 82.8 Å². The second-order valence-corrected chi connectivity index (χ2v) is 6.66. The zero-order valence-electron chi connectivity index (χ0n) is 15.5. The lowest BCUT2D eigenvalue weighted by molar-refractivity contribution is -0.123. The maximum atomic E-state index is 13.6. The SMILES string of the molecule is CN=C(NCCCN1CCCC(C(N)=O)C1)NCCc1ccccc1F. The fourth-order valence-corrected chi connectivity index (χ4v) is 3.24. The van der Waals surface area contributed by atoms with Crippen LogP contribution in [0.4, 0.5) is 4.39 Å². The Kier molecular flexibility index (Phi) is 8.34. The zero-order valence-corrected chi connectivity index (χ0v) is 15.5. The van der Waals surface area contributed by atoms with Crippen molar-refractivity contribution < 1.29 is 9.18 Å². The molecule has 4 N–H and O–H groups in total. The van der Waals surface area contributed by atoms with Gasteiger partial charge in [0.1, 0.15) is 5.82 Å². The smallest absolute Gasteiger partial charge is 0.221 e. The third-order valence-electron chi connectivity index (χ3n) is 4.72. The molecule has 144 valence electrons. The Hall–Kier alpha value is -2.15. The first kappa shape index (κ1) is 20.2. The monoisotopic (exact) mass is 363 g/mol. The number of nitrogens with two attached hydrogens (primary N) is 1. The molecule has 0 saturated carbocycles. The lowest BCUT2D eigenvalue weighted by atomic mass is 9.97. The number of carbonyl (C=O) groups is 1. The number of halogens is 1. The Morgan fingerprint density at radius 3 is 2.85 bits per heavy atom. The van der Waals surface area contributed by atoms with Crippen molar-refractivity contribution in [1.82, 2.24) is 15.5 Å². The normalized spacial score (nSPS) is 18.5. The van der Waals surface area contributed by atoms with E-state index in [9.17, 15) is 9.18 Å². The van der Waals surface area contributed by atoms with E-state index in [-0.39, 0.29) is 17.6 Å². The lowest BCUT2D eigenvalue weighted by Gasteiger charge is -2.31. The molecule has 1 aromatic carbocycles. The molecule has 1 amide bonds. The van der Waals surface area contributed by atoms with Crippen molar-refractivity contribution in [2.75, 3.05) is 39.8 Å². The van der Waals surface area contributed by atoms with Gasteiger partial charge in [0.15, 0.2) is 5.96 Å². The molecule has 1 heterocycles. The molecule has 2 rings (SSSR count). The summed E-state index contributed by atoms with van der Waals surface area (Å²) in [6.07, 6.45) is 3.50. The molecule has 26 heavy (non-hydrogen) atoms. The summed E-state index contributed by atoms with van der Waals surface area (Å²) in [5.74, 6) is 0.347. The number of rotatable bonds is 8. The van der Waals surface area contributed by atoms with Crippen LogP contribution in [0.3, 0.4) is 0 Å². The quantitative estimate of drug-likeness (QED) is 0.367. The van der Waals surface area contributed by atoms with Gasteiger partial charge in [-0.1, -0.05) is 18.2 Å². The molecule has 1 aliphatic rings. The summed E-state index contributed by atoms with van der Waals surface area (Å²) in [5, 5.41) is 6.47. The molecule has 1 saturated heterocycles. The van der Waals surface area contributed by atoms with Crippen LogP contribution < -0.4 is 16.4 Å². The first-order chi connectivity index (χ1) is 12.6. The highest BCUT2D eigenvalue weighted by atomic mass is 19.1. The van der Waals surface area contributed by atoms with Gasteiger partial charge in [0.25, 0.3) is 0 Å². The molecular formula is C19H30FN5O. The van der Waals surface area contributed by atoms with Gasteiger partial charge in [-0.15, -0.1) is 0 Å². The van der Waals surface area contributed by atoms with Crippen molar-refractivity contribution in [2.45, 2.75) is 25.7 Å². The molecule has 0 aromatic heterocycles. The van der Waals surface area contributed by atoms with E-state index in [1.165, 1.54) is 6.07 Å². The summed E-state index contributed by atoms with van der Waals surface area (Å²) in [6, 6.07) is 6.81. The standard InChI is InChI=1S/C19H30FN5O/c1-22-19(24-11-9-15-6-2-3-8-17(15)20)23-10-5-13-25-12-4-7-16(14-25)18(21)26/h2-3,6,8,16H,4-5,7,9-14H2,1H3,(H2,21,26)(H2,22,23,24). The van der Waals surface area contributed by atoms with Crippen LogP contribution in [0, 0.1) is 11.7 Å². The van der Waals surface area contributed by atoms with Crippen molar-refractivity contribution in [2.24, 2.45) is 16.6 Å². The predicted molar refractivity (Wildman–Crippen MR) is 102 cm³/mol. The molecule has 0 spiro atoms. The van der Waals surface area contributed by atoms with Crippen LogP contribution in [0.5, 0.6) is 0 Å². The number of nitrogens with one attached hydrogen (secondary N) is 2. The van der Waals surface area contributed by atoms with Crippen LogP contribution >= 0.6 is 0 Å². The summed E-state index contributed by atoms with van der Waals surface area (Å²) in [4.78, 5) is 17.8. The van der Waals surface area contributed by atoms with Crippen molar-refractivity contribution in [3.05, 3.63) is 35.6 Å². The fraction of sp³-hybridized carbons (Fsp3) is 0.579. The van der Waals surface area contributed by atoms with Crippen molar-refractivity contribution in [3.63, 3.8) is 0 Å². The number of carbonyl (C=O) groups excluding carboxylic acids is 1. The molecular weight excluding hydrogens is 333 g/mol. The predicted octanol–water partition coefficient (Wildman–Crippen LogP) is 1.12. The molecule has 1 atom stereocenters. The molecule has 1 aliphatic heterocycles. The third kappa shape index (κ3) is 6.63. The van der Waals surface area contributed by atoms with Gasteiger partial charge in [-0.3, -0.25) is 9.79 Å². The average Bonchev–Trinajstić information content (AvgIpc) is 2.65. The molecule has 0 bridgehead atoms. The molecule has 1 fully saturated rings. The minimum Gasteiger partial charge on any atom is -0.369 e. The second-order valence-electron chi connectivity index (χ2n) is 6.66. The Bertz CT molecular complexity index is 607. The molecule has 7 heteroatoms. The third-order valence-corrected chi connectivity index (χ3v) is 4.72. The summed E-state index contributed by atoms with van der Waals surface area (Å²) in [7, 11) is 1.72. The molecule has 0 radical (unpaired) electrons. The van der Waals surface area contributed by atoms with Gasteiger partial charge >= 0.3 is 0 Å². The zero-order chi connectivity index (χ0) is 18.8. The minimum atomic E-state index is -0.188. The first-order valence-corrected chi connectivity index (χ1v) is 9.29. The largest absolute Gasteiger partial charge is 0.369 e. The number of hydrogen-bond acceptors (Lipinski definition) is 3. The highest BCUT2D eigenvalue weighted by Gasteiger charge is 2.23. The number of aliphatic imine (C=N–C) groups is 1. The molecule has 0 aliphatic carbocycles. The van der Waals surface area contributed by atoms with Gasteiger partial charge in [0.05, 0.1) is 5.92 Å². The van der Waals surface area contributed by atoms with Crippen LogP contribution in [0.25, 0.3) is 0 Å². The first-order valence-electron chi connectivity index (χ1n) is 9.29. The van der Waals surface area contributed by atoms with Crippen LogP contribution in [0.2, 0.25) is 0 Å². The number of likely N-dealkylation sites (tertiary alicyclic amines) is 1. The number of hydrogen-bond donors (Lipinski definition) is 3. The summed E-state index contributed by atoms with van der Waals surface area (Å²) >= 11 is 0. The van der Waals surface area contributed by atoms with Crippen LogP contribution in [0.1, 0.15) is 24.8 Å². The molecule has 6 nitrogen and oxygen atoms in total. The Labute approximate surface area is 155 Å². The average molecular weight is 363 g/mol. The second kappa shape index (κ2) is 10.8. The molecule has 1 unspecified atom stereocenters. The van der Waals surface area contributed by atoms with E-state index in [0.717, 1.165) is 51.4 Å². The van der Waals surface area contributed by atoms with Crippen molar-refractivity contribution in [3.8, 4) is 0 Å². The number of benzene rings is 1. The van der Waals surface area contributed by atoms with Gasteiger partial charge in [-0.2, -0.15) is 0 Å². The fourth-order valence-electron chi connectivity index (χ4n) is 3.24. The maximum Gasteiger partial charge on any atom is 0.221 e. The number of guanidine groups is 1. The Balaban J connectivity index is 1.61. The van der Waals surface area contributed by atoms with E-state index >= 15 is 0 Å². The summed E-state index contributed by atoms with van der Waals surface area (Å²) < 4.78 is 13.6. The minimum absolute atomic E-state index is 0.00970. The number of nitrogens with zero attached hydrogens (tertiary/aromatic N) is 2. The Morgan fingerprint density at radius 1 is 1.35 bits per heavy atom.